The SMILES string of the molecule is C=C/C(C)=C(/C)CC.CC. The van der Waals surface area contributed by atoms with E-state index in [1.54, 1.807) is 0 Å². The lowest BCUT2D eigenvalue weighted by atomic mass is 10.1. The zero-order valence-corrected chi connectivity index (χ0v) is 7.99. The molecule has 0 spiro atoms. The van der Waals surface area contributed by atoms with Crippen molar-refractivity contribution in [1.82, 2.24) is 0 Å². The second kappa shape index (κ2) is 8.48. The molecule has 0 aromatic carbocycles. The van der Waals surface area contributed by atoms with Crippen LogP contribution in [0, 0.1) is 0 Å². The summed E-state index contributed by atoms with van der Waals surface area (Å²) in [5.74, 6) is 0. The summed E-state index contributed by atoms with van der Waals surface area (Å²) in [6, 6.07) is 0. The van der Waals surface area contributed by atoms with Gasteiger partial charge in [0.15, 0.2) is 0 Å². The fraction of sp³-hybridized carbons (Fsp3) is 0.600. The lowest BCUT2D eigenvalue weighted by Crippen LogP contribution is -1.75. The van der Waals surface area contributed by atoms with Crippen molar-refractivity contribution in [2.24, 2.45) is 0 Å². The largest absolute Gasteiger partial charge is 0.0988 e. The molecular weight excluding hydrogens is 120 g/mol. The Hall–Kier alpha value is -0.520. The lowest BCUT2D eigenvalue weighted by Gasteiger charge is -1.96. The third-order valence-electron chi connectivity index (χ3n) is 1.51. The number of rotatable bonds is 2. The van der Waals surface area contributed by atoms with Gasteiger partial charge in [0.25, 0.3) is 0 Å². The van der Waals surface area contributed by atoms with Gasteiger partial charge in [0, 0.05) is 0 Å². The van der Waals surface area contributed by atoms with Crippen LogP contribution in [0.5, 0.6) is 0 Å². The van der Waals surface area contributed by atoms with Crippen LogP contribution < -0.4 is 0 Å². The van der Waals surface area contributed by atoms with Crippen molar-refractivity contribution in [3.63, 3.8) is 0 Å². The summed E-state index contributed by atoms with van der Waals surface area (Å²) in [6.07, 6.45) is 3.04. The van der Waals surface area contributed by atoms with E-state index < -0.39 is 0 Å². The summed E-state index contributed by atoms with van der Waals surface area (Å²) in [4.78, 5) is 0. The third kappa shape index (κ3) is 5.61. The van der Waals surface area contributed by atoms with Gasteiger partial charge in [0.2, 0.25) is 0 Å². The van der Waals surface area contributed by atoms with Crippen LogP contribution in [0.2, 0.25) is 0 Å². The highest BCUT2D eigenvalue weighted by Gasteiger charge is 1.85. The molecule has 60 valence electrons. The van der Waals surface area contributed by atoms with Crippen LogP contribution in [0.1, 0.15) is 41.0 Å². The van der Waals surface area contributed by atoms with Crippen LogP contribution in [0.3, 0.4) is 0 Å². The Morgan fingerprint density at radius 1 is 1.30 bits per heavy atom. The quantitative estimate of drug-likeness (QED) is 0.509. The minimum Gasteiger partial charge on any atom is -0.0988 e. The predicted molar refractivity (Wildman–Crippen MR) is 50.2 cm³/mol. The van der Waals surface area contributed by atoms with E-state index in [1.165, 1.54) is 11.1 Å². The third-order valence-corrected chi connectivity index (χ3v) is 1.51. The minimum atomic E-state index is 1.14. The first-order valence-corrected chi connectivity index (χ1v) is 4.01. The Labute approximate surface area is 65.7 Å². The fourth-order valence-corrected chi connectivity index (χ4v) is 0.453. The molecule has 0 saturated carbocycles. The molecule has 0 N–H and O–H groups in total. The Kier molecular flexibility index (Phi) is 10.3. The molecule has 0 bridgehead atoms. The van der Waals surface area contributed by atoms with Crippen molar-refractivity contribution in [1.29, 1.82) is 0 Å². The van der Waals surface area contributed by atoms with E-state index in [1.807, 2.05) is 19.9 Å². The predicted octanol–water partition coefficient (Wildman–Crippen LogP) is 3.95. The van der Waals surface area contributed by atoms with Gasteiger partial charge in [-0.3, -0.25) is 0 Å². The van der Waals surface area contributed by atoms with E-state index in [9.17, 15) is 0 Å². The normalized spacial score (nSPS) is 10.9. The van der Waals surface area contributed by atoms with E-state index >= 15 is 0 Å². The zero-order chi connectivity index (χ0) is 8.57. The summed E-state index contributed by atoms with van der Waals surface area (Å²) in [5.41, 5.74) is 2.74. The highest BCUT2D eigenvalue weighted by Crippen LogP contribution is 2.06. The molecule has 0 atom stereocenters. The first kappa shape index (κ1) is 12.2. The Morgan fingerprint density at radius 3 is 1.80 bits per heavy atom. The Bertz CT molecular complexity index is 107. The van der Waals surface area contributed by atoms with Gasteiger partial charge >= 0.3 is 0 Å². The molecule has 0 aromatic heterocycles. The molecule has 0 nitrogen and oxygen atoms in total. The maximum absolute atomic E-state index is 3.67. The second-order valence-electron chi connectivity index (χ2n) is 2.02. The zero-order valence-electron chi connectivity index (χ0n) is 7.99. The topological polar surface area (TPSA) is 0 Å². The average Bonchev–Trinajstić information content (AvgIpc) is 2.05. The molecule has 0 saturated heterocycles. The molecule has 0 rings (SSSR count). The van der Waals surface area contributed by atoms with E-state index in [0.29, 0.717) is 0 Å². The molecule has 0 aromatic rings. The van der Waals surface area contributed by atoms with Crippen LogP contribution in [0.4, 0.5) is 0 Å². The van der Waals surface area contributed by atoms with Crippen molar-refractivity contribution >= 4 is 0 Å². The Morgan fingerprint density at radius 2 is 1.70 bits per heavy atom. The number of allylic oxidation sites excluding steroid dienone is 3. The highest BCUT2D eigenvalue weighted by atomic mass is 13.9. The van der Waals surface area contributed by atoms with E-state index in [0.717, 1.165) is 6.42 Å². The van der Waals surface area contributed by atoms with Crippen molar-refractivity contribution in [2.75, 3.05) is 0 Å². The van der Waals surface area contributed by atoms with Gasteiger partial charge in [-0.1, -0.05) is 44.6 Å². The molecule has 0 aliphatic rings. The smallest absolute Gasteiger partial charge is 0.0346 e. The Balaban J connectivity index is 0. The maximum Gasteiger partial charge on any atom is -0.0346 e. The van der Waals surface area contributed by atoms with Gasteiger partial charge in [0.05, 0.1) is 0 Å². The van der Waals surface area contributed by atoms with Crippen LogP contribution in [0.15, 0.2) is 23.8 Å². The molecule has 0 aliphatic heterocycles. The molecule has 0 fully saturated rings. The van der Waals surface area contributed by atoms with Gasteiger partial charge in [-0.25, -0.2) is 0 Å². The van der Waals surface area contributed by atoms with Crippen molar-refractivity contribution in [2.45, 2.75) is 41.0 Å². The van der Waals surface area contributed by atoms with Gasteiger partial charge in [-0.2, -0.15) is 0 Å². The van der Waals surface area contributed by atoms with Gasteiger partial charge in [-0.15, -0.1) is 0 Å². The first-order chi connectivity index (χ1) is 4.72. The molecule has 0 unspecified atom stereocenters. The summed E-state index contributed by atoms with van der Waals surface area (Å²) in [7, 11) is 0. The number of hydrogen-bond acceptors (Lipinski definition) is 0. The van der Waals surface area contributed by atoms with Crippen molar-refractivity contribution < 1.29 is 0 Å². The van der Waals surface area contributed by atoms with Crippen LogP contribution in [-0.4, -0.2) is 0 Å². The van der Waals surface area contributed by atoms with E-state index in [4.69, 9.17) is 0 Å². The van der Waals surface area contributed by atoms with Crippen LogP contribution in [-0.2, 0) is 0 Å². The van der Waals surface area contributed by atoms with Crippen molar-refractivity contribution in [3.05, 3.63) is 23.8 Å². The highest BCUT2D eigenvalue weighted by molar-refractivity contribution is 5.19. The van der Waals surface area contributed by atoms with Crippen LogP contribution in [0.25, 0.3) is 0 Å². The first-order valence-electron chi connectivity index (χ1n) is 4.01. The van der Waals surface area contributed by atoms with Crippen LogP contribution >= 0.6 is 0 Å². The molecule has 0 heteroatoms. The molecular formula is C10H20. The maximum atomic E-state index is 3.67. The number of hydrogen-bond donors (Lipinski definition) is 0. The monoisotopic (exact) mass is 140 g/mol. The van der Waals surface area contributed by atoms with Crippen molar-refractivity contribution in [3.8, 4) is 0 Å². The van der Waals surface area contributed by atoms with Gasteiger partial charge < -0.3 is 0 Å². The molecule has 0 aliphatic carbocycles. The summed E-state index contributed by atoms with van der Waals surface area (Å²) < 4.78 is 0. The molecule has 10 heavy (non-hydrogen) atoms. The fourth-order valence-electron chi connectivity index (χ4n) is 0.453. The lowest BCUT2D eigenvalue weighted by molar-refractivity contribution is 1.07. The second-order valence-corrected chi connectivity index (χ2v) is 2.02. The molecule has 0 heterocycles. The standard InChI is InChI=1S/C8H14.C2H6/c1-5-7(3)8(4)6-2;1-2/h5H,1,6H2,2-4H3;1-2H3/b8-7-;. The average molecular weight is 140 g/mol. The minimum absolute atomic E-state index is 1.14. The van der Waals surface area contributed by atoms with E-state index in [2.05, 4.69) is 27.4 Å². The summed E-state index contributed by atoms with van der Waals surface area (Å²) in [5, 5.41) is 0. The summed E-state index contributed by atoms with van der Waals surface area (Å²) in [6.45, 7) is 14.1. The molecule has 0 amide bonds. The molecule has 0 radical (unpaired) electrons. The van der Waals surface area contributed by atoms with Gasteiger partial charge in [0.1, 0.15) is 0 Å². The van der Waals surface area contributed by atoms with E-state index in [-0.39, 0.29) is 0 Å². The summed E-state index contributed by atoms with van der Waals surface area (Å²) >= 11 is 0. The van der Waals surface area contributed by atoms with Gasteiger partial charge in [-0.05, 0) is 20.3 Å².